The third kappa shape index (κ3) is 4.37. The van der Waals surface area contributed by atoms with Crippen molar-refractivity contribution >= 4 is 11.9 Å². The number of unbranched alkanes of at least 4 members (excludes halogenated alkanes) is 1. The first-order chi connectivity index (χ1) is 12.7. The molecule has 0 aliphatic carbocycles. The fraction of sp³-hybridized carbons (Fsp3) is 0.810. The molecule has 0 spiro atoms. The van der Waals surface area contributed by atoms with Crippen molar-refractivity contribution in [1.29, 1.82) is 0 Å². The molecule has 156 valence electrons. The van der Waals surface area contributed by atoms with Gasteiger partial charge in [0, 0.05) is 0 Å². The van der Waals surface area contributed by atoms with Crippen LogP contribution < -0.4 is 0 Å². The van der Waals surface area contributed by atoms with Crippen molar-refractivity contribution in [2.24, 2.45) is 10.8 Å². The van der Waals surface area contributed by atoms with E-state index in [9.17, 15) is 9.59 Å². The van der Waals surface area contributed by atoms with Crippen molar-refractivity contribution in [1.82, 2.24) is 0 Å². The van der Waals surface area contributed by atoms with E-state index in [4.69, 9.17) is 19.6 Å². The molecule has 0 aromatic carbocycles. The van der Waals surface area contributed by atoms with Gasteiger partial charge in [-0.1, -0.05) is 66.9 Å². The van der Waals surface area contributed by atoms with Crippen molar-refractivity contribution in [2.75, 3.05) is 0 Å². The van der Waals surface area contributed by atoms with Gasteiger partial charge in [-0.25, -0.2) is 29.1 Å². The first-order valence-electron chi connectivity index (χ1n) is 10.1. The lowest BCUT2D eigenvalue weighted by Gasteiger charge is -2.44. The van der Waals surface area contributed by atoms with Crippen molar-refractivity contribution in [3.05, 3.63) is 12.7 Å². The van der Waals surface area contributed by atoms with Crippen LogP contribution in [0.15, 0.2) is 12.7 Å². The number of allylic oxidation sites excluding steroid dienone is 1. The van der Waals surface area contributed by atoms with E-state index in [0.29, 0.717) is 25.7 Å². The van der Waals surface area contributed by atoms with Gasteiger partial charge in [-0.15, -0.1) is 6.58 Å². The normalized spacial score (nSPS) is 24.4. The van der Waals surface area contributed by atoms with Crippen LogP contribution in [0.25, 0.3) is 0 Å². The number of rotatable bonds is 11. The van der Waals surface area contributed by atoms with E-state index < -0.39 is 28.4 Å². The predicted molar refractivity (Wildman–Crippen MR) is 102 cm³/mol. The maximum Gasteiger partial charge on any atom is 0.393 e. The van der Waals surface area contributed by atoms with Gasteiger partial charge < -0.3 is 0 Å². The third-order valence-corrected chi connectivity index (χ3v) is 6.14. The Hall–Kier alpha value is -1.40. The average molecular weight is 385 g/mol. The molecule has 3 atom stereocenters. The van der Waals surface area contributed by atoms with Crippen LogP contribution in [0.1, 0.15) is 86.5 Å². The minimum Gasteiger partial charge on any atom is -0.247 e. The van der Waals surface area contributed by atoms with Crippen LogP contribution in [-0.2, 0) is 29.1 Å². The minimum absolute atomic E-state index is 0.376. The lowest BCUT2D eigenvalue weighted by atomic mass is 9.61. The molecule has 27 heavy (non-hydrogen) atoms. The van der Waals surface area contributed by atoms with E-state index in [1.165, 1.54) is 0 Å². The molecule has 0 saturated carbocycles. The predicted octanol–water partition coefficient (Wildman–Crippen LogP) is 5.07. The van der Waals surface area contributed by atoms with Crippen LogP contribution in [0.5, 0.6) is 0 Å². The number of carbonyl (C=O) groups excluding carboxylic acids is 2. The van der Waals surface area contributed by atoms with Crippen LogP contribution in [-0.4, -0.2) is 23.6 Å². The Bertz CT molecular complexity index is 525. The quantitative estimate of drug-likeness (QED) is 0.281. The van der Waals surface area contributed by atoms with Gasteiger partial charge >= 0.3 is 11.9 Å². The van der Waals surface area contributed by atoms with Crippen LogP contribution in [0.4, 0.5) is 0 Å². The summed E-state index contributed by atoms with van der Waals surface area (Å²) >= 11 is 0. The zero-order chi connectivity index (χ0) is 20.7. The highest BCUT2D eigenvalue weighted by atomic mass is 17.3. The molecule has 1 aliphatic heterocycles. The Morgan fingerprint density at radius 2 is 1.81 bits per heavy atom. The summed E-state index contributed by atoms with van der Waals surface area (Å²) in [6, 6.07) is 0. The molecule has 1 aliphatic rings. The molecule has 1 fully saturated rings. The number of carbonyl (C=O) groups is 2. The number of hydrogen-bond donors (Lipinski definition) is 0. The molecular weight excluding hydrogens is 348 g/mol. The first-order valence-corrected chi connectivity index (χ1v) is 10.1. The van der Waals surface area contributed by atoms with Crippen molar-refractivity contribution in [2.45, 2.75) is 98.2 Å². The highest BCUT2D eigenvalue weighted by molar-refractivity contribution is 5.83. The summed E-state index contributed by atoms with van der Waals surface area (Å²) in [5.41, 5.74) is -2.53. The molecule has 0 aromatic rings. The Kier molecular flexibility index (Phi) is 8.48. The molecule has 1 saturated heterocycles. The highest BCUT2D eigenvalue weighted by Crippen LogP contribution is 2.48. The summed E-state index contributed by atoms with van der Waals surface area (Å²) in [6.07, 6.45) is 6.25. The van der Waals surface area contributed by atoms with Crippen molar-refractivity contribution < 1.29 is 29.1 Å². The van der Waals surface area contributed by atoms with E-state index in [-0.39, 0.29) is 6.10 Å². The fourth-order valence-electron chi connectivity index (χ4n) is 3.74. The van der Waals surface area contributed by atoms with Crippen LogP contribution in [0, 0.1) is 10.8 Å². The minimum atomic E-state index is -1.21. The molecule has 1 heterocycles. The van der Waals surface area contributed by atoms with E-state index in [0.717, 1.165) is 19.3 Å². The van der Waals surface area contributed by atoms with Gasteiger partial charge in [0.1, 0.15) is 6.10 Å². The Morgan fingerprint density at radius 3 is 2.22 bits per heavy atom. The molecule has 1 rings (SSSR count). The SMILES string of the molecule is C=CC(C)(C)C(CC)(CCCC)C(=O)OOC(=O)C1(CC)OOC1CCC. The standard InChI is InChI=1S/C21H36O6/c1-8-13-15-20(11-4,19(6,7)10-3)17(22)25-26-18(23)21(12-5)16(14-9-2)24-27-21/h10,16H,3,8-9,11-15H2,1-2,4-7H3. The van der Waals surface area contributed by atoms with E-state index in [1.54, 1.807) is 6.08 Å². The maximum atomic E-state index is 13.0. The monoisotopic (exact) mass is 384 g/mol. The van der Waals surface area contributed by atoms with Gasteiger partial charge in [-0.3, -0.25) is 0 Å². The second kappa shape index (κ2) is 9.69. The summed E-state index contributed by atoms with van der Waals surface area (Å²) < 4.78 is 0. The lowest BCUT2D eigenvalue weighted by Crippen LogP contribution is -2.62. The zero-order valence-corrected chi connectivity index (χ0v) is 17.8. The van der Waals surface area contributed by atoms with Crippen molar-refractivity contribution in [3.8, 4) is 0 Å². The summed E-state index contributed by atoms with van der Waals surface area (Å²) in [7, 11) is 0. The second-order valence-corrected chi connectivity index (χ2v) is 7.91. The van der Waals surface area contributed by atoms with Gasteiger partial charge in [0.05, 0.1) is 5.41 Å². The second-order valence-electron chi connectivity index (χ2n) is 7.91. The molecule has 6 heteroatoms. The Balaban J connectivity index is 2.93. The van der Waals surface area contributed by atoms with Gasteiger partial charge in [0.2, 0.25) is 5.60 Å². The van der Waals surface area contributed by atoms with Gasteiger partial charge in [0.25, 0.3) is 0 Å². The van der Waals surface area contributed by atoms with Crippen LogP contribution in [0.3, 0.4) is 0 Å². The summed E-state index contributed by atoms with van der Waals surface area (Å²) in [5.74, 6) is -1.27. The maximum absolute atomic E-state index is 13.0. The summed E-state index contributed by atoms with van der Waals surface area (Å²) in [5, 5.41) is 0. The zero-order valence-electron chi connectivity index (χ0n) is 17.8. The van der Waals surface area contributed by atoms with Gasteiger partial charge in [-0.2, -0.15) is 0 Å². The van der Waals surface area contributed by atoms with Crippen molar-refractivity contribution in [3.63, 3.8) is 0 Å². The van der Waals surface area contributed by atoms with Crippen LogP contribution >= 0.6 is 0 Å². The highest BCUT2D eigenvalue weighted by Gasteiger charge is 2.59. The average Bonchev–Trinajstić information content (AvgIpc) is 2.65. The molecule has 0 bridgehead atoms. The fourth-order valence-corrected chi connectivity index (χ4v) is 3.74. The molecule has 0 N–H and O–H groups in total. The Morgan fingerprint density at radius 1 is 1.15 bits per heavy atom. The van der Waals surface area contributed by atoms with E-state index in [1.807, 2.05) is 34.6 Å². The lowest BCUT2D eigenvalue weighted by molar-refractivity contribution is -0.502. The van der Waals surface area contributed by atoms with Gasteiger partial charge in [0.15, 0.2) is 0 Å². The largest absolute Gasteiger partial charge is 0.393 e. The van der Waals surface area contributed by atoms with Gasteiger partial charge in [-0.05, 0) is 31.1 Å². The first kappa shape index (κ1) is 23.6. The smallest absolute Gasteiger partial charge is 0.247 e. The summed E-state index contributed by atoms with van der Waals surface area (Å²) in [6.45, 7) is 15.6. The molecule has 6 nitrogen and oxygen atoms in total. The summed E-state index contributed by atoms with van der Waals surface area (Å²) in [4.78, 5) is 45.9. The molecule has 0 aromatic heterocycles. The number of hydrogen-bond acceptors (Lipinski definition) is 6. The molecule has 3 unspecified atom stereocenters. The van der Waals surface area contributed by atoms with E-state index >= 15 is 0 Å². The molecule has 0 radical (unpaired) electrons. The van der Waals surface area contributed by atoms with Crippen LogP contribution in [0.2, 0.25) is 0 Å². The molecule has 0 amide bonds. The molecular formula is C21H36O6. The third-order valence-electron chi connectivity index (χ3n) is 6.14. The topological polar surface area (TPSA) is 71.1 Å². The van der Waals surface area contributed by atoms with E-state index in [2.05, 4.69) is 13.5 Å². The Labute approximate surface area is 163 Å².